The van der Waals surface area contributed by atoms with Crippen LogP contribution in [0.2, 0.25) is 5.02 Å². The average molecular weight is 479 g/mol. The zero-order chi connectivity index (χ0) is 23.8. The van der Waals surface area contributed by atoms with Crippen molar-refractivity contribution in [1.82, 2.24) is 15.1 Å². The molecule has 0 unspecified atom stereocenters. The highest BCUT2D eigenvalue weighted by atomic mass is 35.5. The zero-order valence-electron chi connectivity index (χ0n) is 18.4. The number of halogens is 1. The first kappa shape index (κ1) is 22.4. The Morgan fingerprint density at radius 1 is 1.15 bits per heavy atom. The summed E-state index contributed by atoms with van der Waals surface area (Å²) < 4.78 is 5.93. The zero-order valence-corrected chi connectivity index (χ0v) is 19.2. The van der Waals surface area contributed by atoms with Gasteiger partial charge in [-0.05, 0) is 47.9 Å². The molecular formula is C25H23ClN4O4. The van der Waals surface area contributed by atoms with E-state index in [2.05, 4.69) is 16.3 Å². The van der Waals surface area contributed by atoms with Gasteiger partial charge in [-0.2, -0.15) is 5.26 Å². The molecule has 2 aromatic rings. The summed E-state index contributed by atoms with van der Waals surface area (Å²) in [5.41, 5.74) is 3.06. The minimum atomic E-state index is -0.622. The molecule has 0 bridgehead atoms. The number of imide groups is 1. The molecule has 3 heterocycles. The van der Waals surface area contributed by atoms with Crippen molar-refractivity contribution < 1.29 is 19.1 Å². The number of piperidine rings is 1. The van der Waals surface area contributed by atoms with Gasteiger partial charge >= 0.3 is 0 Å². The summed E-state index contributed by atoms with van der Waals surface area (Å²) in [4.78, 5) is 40.2. The van der Waals surface area contributed by atoms with E-state index in [4.69, 9.17) is 16.3 Å². The van der Waals surface area contributed by atoms with Gasteiger partial charge in [-0.25, -0.2) is 0 Å². The second kappa shape index (κ2) is 9.09. The molecule has 1 N–H and O–H groups in total. The molecule has 0 radical (unpaired) electrons. The molecule has 3 aliphatic rings. The fraction of sp³-hybridized carbons (Fsp3) is 0.360. The van der Waals surface area contributed by atoms with Crippen molar-refractivity contribution in [2.24, 2.45) is 0 Å². The van der Waals surface area contributed by atoms with Gasteiger partial charge in [0.25, 0.3) is 5.91 Å². The van der Waals surface area contributed by atoms with Gasteiger partial charge in [0.2, 0.25) is 11.8 Å². The second-order valence-corrected chi connectivity index (χ2v) is 9.30. The maximum Gasteiger partial charge on any atom is 0.255 e. The van der Waals surface area contributed by atoms with Crippen LogP contribution in [-0.4, -0.2) is 59.8 Å². The van der Waals surface area contributed by atoms with Crippen LogP contribution in [0, 0.1) is 11.3 Å². The van der Waals surface area contributed by atoms with E-state index < -0.39 is 11.9 Å². The van der Waals surface area contributed by atoms with E-state index in [9.17, 15) is 19.6 Å². The SMILES string of the molecule is N#Cc1cc(Cl)ccc1C1CN(CCOc2ccc3c(c2)CN([C@H]2CCC(=O)NC2=O)C3=O)C1. The van der Waals surface area contributed by atoms with Crippen LogP contribution in [0.4, 0.5) is 0 Å². The van der Waals surface area contributed by atoms with Crippen LogP contribution < -0.4 is 10.1 Å². The maximum absolute atomic E-state index is 12.8. The van der Waals surface area contributed by atoms with E-state index in [1.54, 1.807) is 18.2 Å². The molecule has 0 saturated carbocycles. The second-order valence-electron chi connectivity index (χ2n) is 8.87. The lowest BCUT2D eigenvalue weighted by Crippen LogP contribution is -2.52. The summed E-state index contributed by atoms with van der Waals surface area (Å²) in [6, 6.07) is 12.4. The molecule has 5 rings (SSSR count). The van der Waals surface area contributed by atoms with Crippen LogP contribution >= 0.6 is 11.6 Å². The topological polar surface area (TPSA) is 103 Å². The number of rotatable bonds is 6. The number of nitrogens with zero attached hydrogens (tertiary/aromatic N) is 3. The van der Waals surface area contributed by atoms with Crippen LogP contribution in [0.1, 0.15) is 45.8 Å². The molecule has 0 aliphatic carbocycles. The molecular weight excluding hydrogens is 456 g/mol. The molecule has 0 aromatic heterocycles. The number of benzene rings is 2. The smallest absolute Gasteiger partial charge is 0.255 e. The molecule has 1 atom stereocenters. The Kier molecular flexibility index (Phi) is 5.98. The maximum atomic E-state index is 12.8. The molecule has 34 heavy (non-hydrogen) atoms. The van der Waals surface area contributed by atoms with E-state index in [-0.39, 0.29) is 18.2 Å². The average Bonchev–Trinajstić information content (AvgIpc) is 3.11. The fourth-order valence-corrected chi connectivity index (χ4v) is 5.04. The first-order valence-corrected chi connectivity index (χ1v) is 11.6. The molecule has 3 amide bonds. The number of carbonyl (C=O) groups excluding carboxylic acids is 3. The number of hydrogen-bond acceptors (Lipinski definition) is 6. The van der Waals surface area contributed by atoms with Gasteiger partial charge in [-0.15, -0.1) is 0 Å². The summed E-state index contributed by atoms with van der Waals surface area (Å²) in [5.74, 6) is 0.0894. The van der Waals surface area contributed by atoms with E-state index >= 15 is 0 Å². The third-order valence-corrected chi connectivity index (χ3v) is 6.94. The third-order valence-electron chi connectivity index (χ3n) is 6.70. The largest absolute Gasteiger partial charge is 0.492 e. The van der Waals surface area contributed by atoms with Crippen LogP contribution in [0.5, 0.6) is 5.75 Å². The highest BCUT2D eigenvalue weighted by Crippen LogP contribution is 2.32. The van der Waals surface area contributed by atoms with Crippen LogP contribution in [-0.2, 0) is 16.1 Å². The van der Waals surface area contributed by atoms with Crippen molar-refractivity contribution in [2.75, 3.05) is 26.2 Å². The number of nitriles is 1. The molecule has 8 nitrogen and oxygen atoms in total. The Hall–Kier alpha value is -3.41. The predicted octanol–water partition coefficient (Wildman–Crippen LogP) is 2.45. The summed E-state index contributed by atoms with van der Waals surface area (Å²) in [6.07, 6.45) is 0.578. The van der Waals surface area contributed by atoms with Crippen molar-refractivity contribution in [3.05, 3.63) is 63.7 Å². The normalized spacial score (nSPS) is 20.5. The lowest BCUT2D eigenvalue weighted by atomic mass is 9.88. The van der Waals surface area contributed by atoms with Crippen LogP contribution in [0.15, 0.2) is 36.4 Å². The molecule has 2 aromatic carbocycles. The first-order valence-electron chi connectivity index (χ1n) is 11.2. The highest BCUT2D eigenvalue weighted by Gasteiger charge is 2.39. The lowest BCUT2D eigenvalue weighted by molar-refractivity contribution is -0.136. The minimum absolute atomic E-state index is 0.193. The standard InChI is InChI=1S/C25H23ClN4O4/c26-18-1-3-20(15(9-18)11-27)17-12-29(13-17)7-8-34-19-2-4-21-16(10-19)14-30(25(21)33)22-5-6-23(31)28-24(22)32/h1-4,9-10,17,22H,5-8,12-14H2,(H,28,31,32)/t22-/m0/s1. The monoisotopic (exact) mass is 478 g/mol. The quantitative estimate of drug-likeness (QED) is 0.640. The van der Waals surface area contributed by atoms with E-state index in [1.807, 2.05) is 18.2 Å². The fourth-order valence-electron chi connectivity index (χ4n) is 4.86. The van der Waals surface area contributed by atoms with Crippen molar-refractivity contribution in [3.63, 3.8) is 0 Å². The van der Waals surface area contributed by atoms with Crippen LogP contribution in [0.25, 0.3) is 0 Å². The number of carbonyl (C=O) groups is 3. The number of ether oxygens (including phenoxy) is 1. The van der Waals surface area contributed by atoms with Gasteiger partial charge in [-0.3, -0.25) is 24.6 Å². The Morgan fingerprint density at radius 3 is 2.74 bits per heavy atom. The number of likely N-dealkylation sites (tertiary alicyclic amines) is 1. The molecule has 2 fully saturated rings. The molecule has 9 heteroatoms. The van der Waals surface area contributed by atoms with Gasteiger partial charge < -0.3 is 9.64 Å². The summed E-state index contributed by atoms with van der Waals surface area (Å²) in [5, 5.41) is 12.2. The molecule has 2 saturated heterocycles. The molecule has 174 valence electrons. The van der Waals surface area contributed by atoms with Crippen LogP contribution in [0.3, 0.4) is 0 Å². The van der Waals surface area contributed by atoms with Gasteiger partial charge in [-0.1, -0.05) is 17.7 Å². The Balaban J connectivity index is 1.13. The van der Waals surface area contributed by atoms with E-state index in [0.29, 0.717) is 47.4 Å². The van der Waals surface area contributed by atoms with Gasteiger partial charge in [0.05, 0.1) is 11.6 Å². The number of amides is 3. The summed E-state index contributed by atoms with van der Waals surface area (Å²) in [7, 11) is 0. The van der Waals surface area contributed by atoms with Gasteiger partial charge in [0, 0.05) is 49.1 Å². The summed E-state index contributed by atoms with van der Waals surface area (Å²) >= 11 is 5.99. The Bertz CT molecular complexity index is 1220. The lowest BCUT2D eigenvalue weighted by Gasteiger charge is -2.39. The summed E-state index contributed by atoms with van der Waals surface area (Å²) in [6.45, 7) is 3.30. The number of nitrogens with one attached hydrogen (secondary N) is 1. The van der Waals surface area contributed by atoms with E-state index in [1.165, 1.54) is 4.90 Å². The highest BCUT2D eigenvalue weighted by molar-refractivity contribution is 6.30. The molecule has 3 aliphatic heterocycles. The van der Waals surface area contributed by atoms with Crippen molar-refractivity contribution in [3.8, 4) is 11.8 Å². The predicted molar refractivity (Wildman–Crippen MR) is 123 cm³/mol. The van der Waals surface area contributed by atoms with Gasteiger partial charge in [0.15, 0.2) is 0 Å². The number of hydrogen-bond donors (Lipinski definition) is 1. The first-order chi connectivity index (χ1) is 16.4. The van der Waals surface area contributed by atoms with Gasteiger partial charge in [0.1, 0.15) is 18.4 Å². The molecule has 0 spiro atoms. The van der Waals surface area contributed by atoms with Crippen molar-refractivity contribution >= 4 is 29.3 Å². The van der Waals surface area contributed by atoms with Crippen molar-refractivity contribution in [1.29, 1.82) is 5.26 Å². The van der Waals surface area contributed by atoms with Crippen molar-refractivity contribution in [2.45, 2.75) is 31.3 Å². The number of fused-ring (bicyclic) bond motifs is 1. The third kappa shape index (κ3) is 4.25. The Labute approximate surface area is 202 Å². The Morgan fingerprint density at radius 2 is 1.97 bits per heavy atom. The van der Waals surface area contributed by atoms with E-state index in [0.717, 1.165) is 30.8 Å². The minimum Gasteiger partial charge on any atom is -0.492 e.